The van der Waals surface area contributed by atoms with Crippen molar-refractivity contribution in [2.45, 2.75) is 20.0 Å². The molecule has 0 unspecified atom stereocenters. The number of anilines is 1. The van der Waals surface area contributed by atoms with Crippen LogP contribution in [0.1, 0.15) is 23.1 Å². The molecule has 4 N–H and O–H groups in total. The van der Waals surface area contributed by atoms with Gasteiger partial charge in [-0.2, -0.15) is 0 Å². The number of imidazole rings is 2. The number of halogens is 1. The number of aryl methyl sites for hydroxylation is 2. The van der Waals surface area contributed by atoms with Gasteiger partial charge in [-0.15, -0.1) is 0 Å². The van der Waals surface area contributed by atoms with E-state index in [1.807, 2.05) is 36.7 Å². The number of aliphatic hydroxyl groups excluding tert-OH is 1. The highest BCUT2D eigenvalue weighted by Crippen LogP contribution is 2.28. The van der Waals surface area contributed by atoms with Gasteiger partial charge in [-0.05, 0) is 55.3 Å². The Morgan fingerprint density at radius 1 is 1.21 bits per heavy atom. The number of hydrogen-bond acceptors (Lipinski definition) is 5. The first-order chi connectivity index (χ1) is 16.4. The molecule has 0 aliphatic carbocycles. The minimum absolute atomic E-state index is 0.195. The molecule has 3 aromatic heterocycles. The Hall–Kier alpha value is -3.88. The summed E-state index contributed by atoms with van der Waals surface area (Å²) >= 11 is 6.04. The first-order valence-corrected chi connectivity index (χ1v) is 11.2. The molecule has 0 bridgehead atoms. The van der Waals surface area contributed by atoms with Crippen molar-refractivity contribution in [3.63, 3.8) is 0 Å². The van der Waals surface area contributed by atoms with Crippen LogP contribution in [0.15, 0.2) is 65.8 Å². The summed E-state index contributed by atoms with van der Waals surface area (Å²) in [5, 5.41) is 14.3. The normalized spacial score (nSPS) is 12.2. The summed E-state index contributed by atoms with van der Waals surface area (Å²) in [6.45, 7) is 4.12. The number of aromatic amines is 2. The molecular formula is C25H23ClN6O2. The molecule has 8 nitrogen and oxygen atoms in total. The number of aromatic nitrogens is 5. The van der Waals surface area contributed by atoms with E-state index in [0.717, 1.165) is 28.1 Å². The van der Waals surface area contributed by atoms with E-state index in [-0.39, 0.29) is 12.1 Å². The largest absolute Gasteiger partial charge is 0.387 e. The van der Waals surface area contributed by atoms with Gasteiger partial charge >= 0.3 is 0 Å². The van der Waals surface area contributed by atoms with Crippen LogP contribution in [0.25, 0.3) is 28.1 Å². The maximum Gasteiger partial charge on any atom is 0.261 e. The zero-order valence-electron chi connectivity index (χ0n) is 18.6. The number of fused-ring (bicyclic) bond motifs is 1. The number of nitrogens with zero attached hydrogens (tertiary/aromatic N) is 3. The smallest absolute Gasteiger partial charge is 0.261 e. The quantitative estimate of drug-likeness (QED) is 0.289. The lowest BCUT2D eigenvalue weighted by molar-refractivity contribution is 0.191. The second-order valence-corrected chi connectivity index (χ2v) is 8.57. The van der Waals surface area contributed by atoms with Crippen LogP contribution in [0.4, 0.5) is 5.69 Å². The Bertz CT molecular complexity index is 1550. The van der Waals surface area contributed by atoms with Crippen LogP contribution in [0.2, 0.25) is 5.02 Å². The van der Waals surface area contributed by atoms with Crippen LogP contribution in [0.3, 0.4) is 0 Å². The van der Waals surface area contributed by atoms with Gasteiger partial charge < -0.3 is 25.0 Å². The molecule has 34 heavy (non-hydrogen) atoms. The highest BCUT2D eigenvalue weighted by Gasteiger charge is 2.17. The minimum atomic E-state index is -0.801. The van der Waals surface area contributed by atoms with E-state index in [1.165, 1.54) is 0 Å². The maximum atomic E-state index is 12.8. The second-order valence-electron chi connectivity index (χ2n) is 8.14. The molecule has 5 aromatic rings. The lowest BCUT2D eigenvalue weighted by atomic mass is 10.1. The number of benzene rings is 2. The van der Waals surface area contributed by atoms with Crippen molar-refractivity contribution in [2.75, 3.05) is 11.9 Å². The van der Waals surface area contributed by atoms with E-state index in [1.54, 1.807) is 42.7 Å². The predicted molar refractivity (Wildman–Crippen MR) is 134 cm³/mol. The molecule has 0 saturated carbocycles. The van der Waals surface area contributed by atoms with Crippen molar-refractivity contribution >= 4 is 28.3 Å². The van der Waals surface area contributed by atoms with Crippen LogP contribution < -0.4 is 10.9 Å². The fourth-order valence-corrected chi connectivity index (χ4v) is 4.28. The zero-order valence-corrected chi connectivity index (χ0v) is 19.4. The summed E-state index contributed by atoms with van der Waals surface area (Å²) in [5.41, 5.74) is 4.86. The molecule has 9 heteroatoms. The standard InChI is InChI=1S/C25H23ClN6O2/c1-14-10-18(32-9-8-27-15(32)2)12-20-23(14)31-24(30-20)22-19(6-7-28-25(22)34)29-13-21(33)16-4-3-5-17(26)11-16/h3-12,21,33H,13H2,1-2H3,(H,30,31)(H2,28,29,34)/t21-/m0/s1. The van der Waals surface area contributed by atoms with Crippen molar-refractivity contribution < 1.29 is 5.11 Å². The summed E-state index contributed by atoms with van der Waals surface area (Å²) in [7, 11) is 0. The summed E-state index contributed by atoms with van der Waals surface area (Å²) in [6.07, 6.45) is 4.42. The number of H-pyrrole nitrogens is 2. The fourth-order valence-electron chi connectivity index (χ4n) is 4.08. The van der Waals surface area contributed by atoms with Crippen LogP contribution in [0.5, 0.6) is 0 Å². The number of hydrogen-bond donors (Lipinski definition) is 4. The van der Waals surface area contributed by atoms with Gasteiger partial charge in [0.15, 0.2) is 0 Å². The summed E-state index contributed by atoms with van der Waals surface area (Å²) in [4.78, 5) is 27.8. The van der Waals surface area contributed by atoms with Crippen molar-refractivity contribution in [1.82, 2.24) is 24.5 Å². The lowest BCUT2D eigenvalue weighted by Gasteiger charge is -2.15. The molecule has 0 aliphatic heterocycles. The van der Waals surface area contributed by atoms with E-state index in [0.29, 0.717) is 27.7 Å². The van der Waals surface area contributed by atoms with Gasteiger partial charge in [0.2, 0.25) is 0 Å². The zero-order chi connectivity index (χ0) is 23.8. The van der Waals surface area contributed by atoms with Gasteiger partial charge in [0, 0.05) is 35.8 Å². The SMILES string of the molecule is Cc1cc(-n2ccnc2C)cc2[nH]c(-c3c(NC[C@H](O)c4cccc(Cl)c4)cc[nH]c3=O)nc12. The van der Waals surface area contributed by atoms with Gasteiger partial charge in [-0.25, -0.2) is 9.97 Å². The topological polar surface area (TPSA) is 112 Å². The molecule has 0 amide bonds. The minimum Gasteiger partial charge on any atom is -0.387 e. The Labute approximate surface area is 200 Å². The van der Waals surface area contributed by atoms with Crippen molar-refractivity contribution in [1.29, 1.82) is 0 Å². The van der Waals surface area contributed by atoms with Gasteiger partial charge in [0.25, 0.3) is 5.56 Å². The number of pyridine rings is 1. The van der Waals surface area contributed by atoms with Crippen LogP contribution >= 0.6 is 11.6 Å². The van der Waals surface area contributed by atoms with Gasteiger partial charge in [-0.1, -0.05) is 23.7 Å². The average Bonchev–Trinajstić information content (AvgIpc) is 3.43. The monoisotopic (exact) mass is 474 g/mol. The molecule has 0 fully saturated rings. The summed E-state index contributed by atoms with van der Waals surface area (Å²) in [6, 6.07) is 12.8. The Morgan fingerprint density at radius 2 is 2.06 bits per heavy atom. The highest BCUT2D eigenvalue weighted by molar-refractivity contribution is 6.30. The molecule has 1 atom stereocenters. The molecule has 0 radical (unpaired) electrons. The lowest BCUT2D eigenvalue weighted by Crippen LogP contribution is -2.17. The molecule has 3 heterocycles. The van der Waals surface area contributed by atoms with E-state index in [4.69, 9.17) is 16.6 Å². The molecular weight excluding hydrogens is 452 g/mol. The number of rotatable bonds is 6. The van der Waals surface area contributed by atoms with E-state index in [2.05, 4.69) is 20.3 Å². The average molecular weight is 475 g/mol. The summed E-state index contributed by atoms with van der Waals surface area (Å²) < 4.78 is 1.99. The molecule has 2 aromatic carbocycles. The van der Waals surface area contributed by atoms with E-state index < -0.39 is 6.10 Å². The second kappa shape index (κ2) is 8.81. The fraction of sp³-hybridized carbons (Fsp3) is 0.160. The number of nitrogens with one attached hydrogen (secondary N) is 3. The first kappa shape index (κ1) is 21.9. The van der Waals surface area contributed by atoms with E-state index in [9.17, 15) is 9.90 Å². The number of aliphatic hydroxyl groups is 1. The van der Waals surface area contributed by atoms with Crippen molar-refractivity contribution in [2.24, 2.45) is 0 Å². The van der Waals surface area contributed by atoms with Crippen LogP contribution in [-0.2, 0) is 0 Å². The third kappa shape index (κ3) is 4.09. The first-order valence-electron chi connectivity index (χ1n) is 10.8. The molecule has 5 rings (SSSR count). The van der Waals surface area contributed by atoms with Gasteiger partial charge in [0.1, 0.15) is 17.2 Å². The third-order valence-electron chi connectivity index (χ3n) is 5.78. The Balaban J connectivity index is 1.50. The van der Waals surface area contributed by atoms with Crippen LogP contribution in [-0.4, -0.2) is 36.2 Å². The van der Waals surface area contributed by atoms with Gasteiger partial charge in [-0.3, -0.25) is 4.79 Å². The Morgan fingerprint density at radius 3 is 2.82 bits per heavy atom. The summed E-state index contributed by atoms with van der Waals surface area (Å²) in [5.74, 6) is 1.32. The molecule has 0 saturated heterocycles. The highest BCUT2D eigenvalue weighted by atomic mass is 35.5. The molecule has 0 aliphatic rings. The van der Waals surface area contributed by atoms with Crippen molar-refractivity contribution in [3.05, 3.63) is 93.4 Å². The molecule has 0 spiro atoms. The third-order valence-corrected chi connectivity index (χ3v) is 6.02. The maximum absolute atomic E-state index is 12.8. The van der Waals surface area contributed by atoms with E-state index >= 15 is 0 Å². The van der Waals surface area contributed by atoms with Crippen LogP contribution in [0, 0.1) is 13.8 Å². The molecule has 172 valence electrons. The predicted octanol–water partition coefficient (Wildman–Crippen LogP) is 4.52. The van der Waals surface area contributed by atoms with Gasteiger partial charge in [0.05, 0.1) is 22.8 Å². The van der Waals surface area contributed by atoms with Crippen molar-refractivity contribution in [3.8, 4) is 17.1 Å². The Kier molecular flexibility index (Phi) is 5.69.